The van der Waals surface area contributed by atoms with Crippen molar-refractivity contribution < 1.29 is 4.39 Å². The standard InChI is InChI=1S/C13H19FN2/c1-13(2,3)9-7-16(8-9)12-5-4-10(14)6-11(12)15/h4-6,9H,7-8,15H2,1-3H3. The fraction of sp³-hybridized carbons (Fsp3) is 0.538. The second-order valence-corrected chi connectivity index (χ2v) is 5.67. The molecular weight excluding hydrogens is 203 g/mol. The maximum Gasteiger partial charge on any atom is 0.125 e. The smallest absolute Gasteiger partial charge is 0.125 e. The van der Waals surface area contributed by atoms with E-state index in [4.69, 9.17) is 5.73 Å². The minimum atomic E-state index is -0.269. The molecule has 1 saturated heterocycles. The molecule has 2 N–H and O–H groups in total. The van der Waals surface area contributed by atoms with Gasteiger partial charge in [0.25, 0.3) is 0 Å². The van der Waals surface area contributed by atoms with Crippen molar-refractivity contribution in [2.45, 2.75) is 20.8 Å². The van der Waals surface area contributed by atoms with Crippen LogP contribution in [0.5, 0.6) is 0 Å². The molecule has 1 aromatic rings. The maximum atomic E-state index is 12.9. The van der Waals surface area contributed by atoms with Gasteiger partial charge in [-0.25, -0.2) is 4.39 Å². The zero-order valence-corrected chi connectivity index (χ0v) is 10.1. The lowest BCUT2D eigenvalue weighted by molar-refractivity contribution is 0.195. The molecule has 1 aliphatic rings. The molecule has 88 valence electrons. The van der Waals surface area contributed by atoms with E-state index in [1.807, 2.05) is 0 Å². The van der Waals surface area contributed by atoms with E-state index in [0.29, 0.717) is 17.0 Å². The van der Waals surface area contributed by atoms with Crippen LogP contribution in [0.15, 0.2) is 18.2 Å². The second kappa shape index (κ2) is 3.65. The number of nitrogen functional groups attached to an aromatic ring is 1. The third-order valence-electron chi connectivity index (χ3n) is 3.44. The van der Waals surface area contributed by atoms with Crippen LogP contribution < -0.4 is 10.6 Å². The molecule has 0 aromatic heterocycles. The van der Waals surface area contributed by atoms with Gasteiger partial charge in [-0.3, -0.25) is 0 Å². The van der Waals surface area contributed by atoms with Gasteiger partial charge in [-0.2, -0.15) is 0 Å². The van der Waals surface area contributed by atoms with Gasteiger partial charge in [-0.05, 0) is 29.5 Å². The van der Waals surface area contributed by atoms with Gasteiger partial charge in [0.1, 0.15) is 5.82 Å². The molecule has 0 atom stereocenters. The highest BCUT2D eigenvalue weighted by atomic mass is 19.1. The Hall–Kier alpha value is -1.25. The number of hydrogen-bond acceptors (Lipinski definition) is 2. The van der Waals surface area contributed by atoms with E-state index in [1.54, 1.807) is 6.07 Å². The Kier molecular flexibility index (Phi) is 2.56. The molecule has 3 heteroatoms. The lowest BCUT2D eigenvalue weighted by Crippen LogP contribution is -2.52. The normalized spacial score (nSPS) is 17.4. The Morgan fingerprint density at radius 2 is 1.94 bits per heavy atom. The van der Waals surface area contributed by atoms with Crippen LogP contribution in [-0.4, -0.2) is 13.1 Å². The summed E-state index contributed by atoms with van der Waals surface area (Å²) in [5.41, 5.74) is 7.64. The highest BCUT2D eigenvalue weighted by molar-refractivity contribution is 5.68. The van der Waals surface area contributed by atoms with Crippen molar-refractivity contribution in [2.75, 3.05) is 23.7 Å². The molecule has 0 radical (unpaired) electrons. The predicted molar refractivity (Wildman–Crippen MR) is 66.0 cm³/mol. The Labute approximate surface area is 96.2 Å². The fourth-order valence-corrected chi connectivity index (χ4v) is 2.04. The zero-order chi connectivity index (χ0) is 11.9. The summed E-state index contributed by atoms with van der Waals surface area (Å²) in [6, 6.07) is 4.62. The summed E-state index contributed by atoms with van der Waals surface area (Å²) in [6.45, 7) is 8.79. The first-order chi connectivity index (χ1) is 7.38. The van der Waals surface area contributed by atoms with Crippen molar-refractivity contribution in [1.82, 2.24) is 0 Å². The zero-order valence-electron chi connectivity index (χ0n) is 10.1. The van der Waals surface area contributed by atoms with Gasteiger partial charge in [-0.1, -0.05) is 20.8 Å². The van der Waals surface area contributed by atoms with Crippen LogP contribution in [-0.2, 0) is 0 Å². The van der Waals surface area contributed by atoms with Gasteiger partial charge in [0.2, 0.25) is 0 Å². The van der Waals surface area contributed by atoms with Crippen LogP contribution in [0.2, 0.25) is 0 Å². The Balaban J connectivity index is 2.07. The lowest BCUT2D eigenvalue weighted by Gasteiger charge is -2.48. The van der Waals surface area contributed by atoms with Crippen molar-refractivity contribution in [2.24, 2.45) is 11.3 Å². The Bertz CT molecular complexity index is 389. The van der Waals surface area contributed by atoms with E-state index in [9.17, 15) is 4.39 Å². The summed E-state index contributed by atoms with van der Waals surface area (Å²) in [6.07, 6.45) is 0. The molecule has 0 saturated carbocycles. The Morgan fingerprint density at radius 3 is 2.44 bits per heavy atom. The largest absolute Gasteiger partial charge is 0.397 e. The number of benzene rings is 1. The summed E-state index contributed by atoms with van der Waals surface area (Å²) < 4.78 is 12.9. The van der Waals surface area contributed by atoms with Gasteiger partial charge >= 0.3 is 0 Å². The number of halogens is 1. The Morgan fingerprint density at radius 1 is 1.31 bits per heavy atom. The van der Waals surface area contributed by atoms with Crippen molar-refractivity contribution in [1.29, 1.82) is 0 Å². The van der Waals surface area contributed by atoms with Gasteiger partial charge < -0.3 is 10.6 Å². The predicted octanol–water partition coefficient (Wildman–Crippen LogP) is 2.89. The van der Waals surface area contributed by atoms with Crippen molar-refractivity contribution in [3.8, 4) is 0 Å². The van der Waals surface area contributed by atoms with Crippen LogP contribution in [0.4, 0.5) is 15.8 Å². The third-order valence-corrected chi connectivity index (χ3v) is 3.44. The van der Waals surface area contributed by atoms with Gasteiger partial charge in [0.15, 0.2) is 0 Å². The average molecular weight is 222 g/mol. The van der Waals surface area contributed by atoms with Crippen LogP contribution in [0.3, 0.4) is 0 Å². The van der Waals surface area contributed by atoms with E-state index in [-0.39, 0.29) is 5.82 Å². The molecule has 2 rings (SSSR count). The summed E-state index contributed by atoms with van der Waals surface area (Å²) in [5, 5.41) is 0. The average Bonchev–Trinajstić information content (AvgIpc) is 2.03. The first kappa shape index (κ1) is 11.2. The van der Waals surface area contributed by atoms with E-state index >= 15 is 0 Å². The van der Waals surface area contributed by atoms with Crippen molar-refractivity contribution >= 4 is 11.4 Å². The summed E-state index contributed by atoms with van der Waals surface area (Å²) in [4.78, 5) is 2.21. The first-order valence-electron chi connectivity index (χ1n) is 5.68. The molecule has 0 unspecified atom stereocenters. The molecule has 1 heterocycles. The number of rotatable bonds is 1. The summed E-state index contributed by atoms with van der Waals surface area (Å²) >= 11 is 0. The van der Waals surface area contributed by atoms with Crippen LogP contribution in [0.1, 0.15) is 20.8 Å². The van der Waals surface area contributed by atoms with E-state index < -0.39 is 0 Å². The van der Waals surface area contributed by atoms with Crippen molar-refractivity contribution in [3.05, 3.63) is 24.0 Å². The van der Waals surface area contributed by atoms with Crippen LogP contribution in [0, 0.1) is 17.2 Å². The molecular formula is C13H19FN2. The monoisotopic (exact) mass is 222 g/mol. The van der Waals surface area contributed by atoms with Gasteiger partial charge in [-0.15, -0.1) is 0 Å². The van der Waals surface area contributed by atoms with E-state index in [0.717, 1.165) is 18.8 Å². The number of nitrogens with two attached hydrogens (primary N) is 1. The van der Waals surface area contributed by atoms with E-state index in [1.165, 1.54) is 12.1 Å². The molecule has 16 heavy (non-hydrogen) atoms. The number of hydrogen-bond donors (Lipinski definition) is 1. The van der Waals surface area contributed by atoms with Gasteiger partial charge in [0, 0.05) is 13.1 Å². The minimum Gasteiger partial charge on any atom is -0.397 e. The molecule has 1 fully saturated rings. The molecule has 0 amide bonds. The molecule has 1 aliphatic heterocycles. The number of anilines is 2. The molecule has 0 aliphatic carbocycles. The maximum absolute atomic E-state index is 12.9. The first-order valence-corrected chi connectivity index (χ1v) is 5.68. The SMILES string of the molecule is CC(C)(C)C1CN(c2ccc(F)cc2N)C1. The highest BCUT2D eigenvalue weighted by Crippen LogP contribution is 2.38. The van der Waals surface area contributed by atoms with Crippen LogP contribution >= 0.6 is 0 Å². The fourth-order valence-electron chi connectivity index (χ4n) is 2.04. The quantitative estimate of drug-likeness (QED) is 0.740. The van der Waals surface area contributed by atoms with Gasteiger partial charge in [0.05, 0.1) is 11.4 Å². The minimum absolute atomic E-state index is 0.269. The molecule has 1 aromatic carbocycles. The lowest BCUT2D eigenvalue weighted by atomic mass is 9.76. The highest BCUT2D eigenvalue weighted by Gasteiger charge is 2.36. The summed E-state index contributed by atoms with van der Waals surface area (Å²) in [7, 11) is 0. The molecule has 2 nitrogen and oxygen atoms in total. The van der Waals surface area contributed by atoms with Crippen molar-refractivity contribution in [3.63, 3.8) is 0 Å². The number of nitrogens with zero attached hydrogens (tertiary/aromatic N) is 1. The summed E-state index contributed by atoms with van der Waals surface area (Å²) in [5.74, 6) is 0.422. The topological polar surface area (TPSA) is 29.3 Å². The van der Waals surface area contributed by atoms with E-state index in [2.05, 4.69) is 25.7 Å². The molecule has 0 bridgehead atoms. The second-order valence-electron chi connectivity index (χ2n) is 5.67. The molecule has 0 spiro atoms. The third kappa shape index (κ3) is 1.99. The van der Waals surface area contributed by atoms with Crippen LogP contribution in [0.25, 0.3) is 0 Å².